The first-order valence-electron chi connectivity index (χ1n) is 6.61. The number of carbonyl (C=O) groups excluding carboxylic acids is 1. The molecule has 6 heteroatoms. The molecule has 1 aromatic carbocycles. The van der Waals surface area contributed by atoms with Gasteiger partial charge in [0.25, 0.3) is 0 Å². The summed E-state index contributed by atoms with van der Waals surface area (Å²) in [5.41, 5.74) is 0.629. The van der Waals surface area contributed by atoms with Crippen LogP contribution < -0.4 is 5.32 Å². The van der Waals surface area contributed by atoms with Crippen LogP contribution in [0.25, 0.3) is 0 Å². The van der Waals surface area contributed by atoms with E-state index in [2.05, 4.69) is 10.2 Å². The van der Waals surface area contributed by atoms with E-state index in [1.165, 1.54) is 7.11 Å². The minimum atomic E-state index is -0.555. The first kappa shape index (κ1) is 15.6. The summed E-state index contributed by atoms with van der Waals surface area (Å²) in [5, 5.41) is 4.29. The molecule has 110 valence electrons. The quantitative estimate of drug-likeness (QED) is 0.870. The SMILES string of the molecule is COC(=O)C(c1c(Cl)cccc1Cl)N1CCCNCC1. The lowest BCUT2D eigenvalue weighted by atomic mass is 10.0. The topological polar surface area (TPSA) is 41.6 Å². The molecular weight excluding hydrogens is 299 g/mol. The van der Waals surface area contributed by atoms with Crippen LogP contribution in [-0.4, -0.2) is 44.2 Å². The largest absolute Gasteiger partial charge is 0.468 e. The smallest absolute Gasteiger partial charge is 0.327 e. The van der Waals surface area contributed by atoms with E-state index in [1.807, 2.05) is 0 Å². The van der Waals surface area contributed by atoms with Crippen molar-refractivity contribution in [3.63, 3.8) is 0 Å². The van der Waals surface area contributed by atoms with E-state index in [9.17, 15) is 4.79 Å². The maximum atomic E-state index is 12.2. The van der Waals surface area contributed by atoms with Crippen molar-refractivity contribution in [2.24, 2.45) is 0 Å². The highest BCUT2D eigenvalue weighted by molar-refractivity contribution is 6.36. The average Bonchev–Trinajstić information content (AvgIpc) is 2.71. The van der Waals surface area contributed by atoms with E-state index < -0.39 is 6.04 Å². The Labute approximate surface area is 129 Å². The fourth-order valence-corrected chi connectivity index (χ4v) is 3.06. The second kappa shape index (κ2) is 7.27. The van der Waals surface area contributed by atoms with Crippen LogP contribution in [0, 0.1) is 0 Å². The zero-order valence-corrected chi connectivity index (χ0v) is 12.9. The maximum Gasteiger partial charge on any atom is 0.327 e. The summed E-state index contributed by atoms with van der Waals surface area (Å²) in [5.74, 6) is -0.332. The monoisotopic (exact) mass is 316 g/mol. The van der Waals surface area contributed by atoms with E-state index in [4.69, 9.17) is 27.9 Å². The Balaban J connectivity index is 2.38. The van der Waals surface area contributed by atoms with Gasteiger partial charge in [0.2, 0.25) is 0 Å². The molecule has 1 fully saturated rings. The van der Waals surface area contributed by atoms with Crippen molar-refractivity contribution in [1.29, 1.82) is 0 Å². The summed E-state index contributed by atoms with van der Waals surface area (Å²) < 4.78 is 4.95. The zero-order valence-electron chi connectivity index (χ0n) is 11.4. The molecule has 0 spiro atoms. The lowest BCUT2D eigenvalue weighted by Crippen LogP contribution is -2.37. The summed E-state index contributed by atoms with van der Waals surface area (Å²) in [6.07, 6.45) is 0.968. The predicted octanol–water partition coefficient (Wildman–Crippen LogP) is 2.50. The fourth-order valence-electron chi connectivity index (χ4n) is 2.46. The summed E-state index contributed by atoms with van der Waals surface area (Å²) >= 11 is 12.5. The van der Waals surface area contributed by atoms with E-state index in [0.717, 1.165) is 32.6 Å². The van der Waals surface area contributed by atoms with Gasteiger partial charge in [0.1, 0.15) is 6.04 Å². The molecule has 4 nitrogen and oxygen atoms in total. The maximum absolute atomic E-state index is 12.2. The Hall–Kier alpha value is -0.810. The second-order valence-corrected chi connectivity index (χ2v) is 5.51. The van der Waals surface area contributed by atoms with Crippen LogP contribution in [0.5, 0.6) is 0 Å². The van der Waals surface area contributed by atoms with Crippen molar-refractivity contribution in [3.8, 4) is 0 Å². The van der Waals surface area contributed by atoms with Gasteiger partial charge in [0.05, 0.1) is 7.11 Å². The number of nitrogens with one attached hydrogen (secondary N) is 1. The fraction of sp³-hybridized carbons (Fsp3) is 0.500. The molecule has 0 saturated carbocycles. The molecule has 0 radical (unpaired) electrons. The van der Waals surface area contributed by atoms with Gasteiger partial charge in [-0.15, -0.1) is 0 Å². The Kier molecular flexibility index (Phi) is 5.66. The minimum Gasteiger partial charge on any atom is -0.468 e. The zero-order chi connectivity index (χ0) is 14.5. The molecule has 1 heterocycles. The summed E-state index contributed by atoms with van der Waals surface area (Å²) in [4.78, 5) is 14.3. The molecule has 0 amide bonds. The van der Waals surface area contributed by atoms with Gasteiger partial charge < -0.3 is 10.1 Å². The van der Waals surface area contributed by atoms with E-state index in [1.54, 1.807) is 18.2 Å². The van der Waals surface area contributed by atoms with Gasteiger partial charge in [-0.1, -0.05) is 29.3 Å². The van der Waals surface area contributed by atoms with Gasteiger partial charge in [-0.3, -0.25) is 4.90 Å². The Morgan fingerprint density at radius 1 is 1.30 bits per heavy atom. The number of hydrogen-bond acceptors (Lipinski definition) is 4. The molecule has 0 aliphatic carbocycles. The number of methoxy groups -OCH3 is 1. The first-order valence-corrected chi connectivity index (χ1v) is 7.37. The predicted molar refractivity (Wildman–Crippen MR) is 80.3 cm³/mol. The van der Waals surface area contributed by atoms with Gasteiger partial charge >= 0.3 is 5.97 Å². The van der Waals surface area contributed by atoms with E-state index in [-0.39, 0.29) is 5.97 Å². The molecule has 1 aromatic rings. The molecule has 1 saturated heterocycles. The Bertz CT molecular complexity index is 454. The summed E-state index contributed by atoms with van der Waals surface area (Å²) in [6, 6.07) is 4.71. The molecule has 1 atom stereocenters. The van der Waals surface area contributed by atoms with Crippen LogP contribution in [-0.2, 0) is 9.53 Å². The Morgan fingerprint density at radius 3 is 2.65 bits per heavy atom. The first-order chi connectivity index (χ1) is 9.65. The lowest BCUT2D eigenvalue weighted by Gasteiger charge is -2.29. The van der Waals surface area contributed by atoms with Crippen LogP contribution >= 0.6 is 23.2 Å². The number of nitrogens with zero attached hydrogens (tertiary/aromatic N) is 1. The highest BCUT2D eigenvalue weighted by Gasteiger charge is 2.32. The average molecular weight is 317 g/mol. The van der Waals surface area contributed by atoms with Gasteiger partial charge in [0, 0.05) is 35.2 Å². The highest BCUT2D eigenvalue weighted by Crippen LogP contribution is 2.34. The number of carbonyl (C=O) groups is 1. The van der Waals surface area contributed by atoms with E-state index >= 15 is 0 Å². The number of hydrogen-bond donors (Lipinski definition) is 1. The Morgan fingerprint density at radius 2 is 2.00 bits per heavy atom. The standard InChI is InChI=1S/C14H18Cl2N2O2/c1-20-14(19)13(18-8-3-6-17-7-9-18)12-10(15)4-2-5-11(12)16/h2,4-5,13,17H,3,6-9H2,1H3. The van der Waals surface area contributed by atoms with Crippen molar-refractivity contribution < 1.29 is 9.53 Å². The summed E-state index contributed by atoms with van der Waals surface area (Å²) in [7, 11) is 1.39. The second-order valence-electron chi connectivity index (χ2n) is 4.70. The van der Waals surface area contributed by atoms with Gasteiger partial charge in [-0.25, -0.2) is 4.79 Å². The molecular formula is C14H18Cl2N2O2. The molecule has 1 N–H and O–H groups in total. The number of ether oxygens (including phenoxy) is 1. The van der Waals surface area contributed by atoms with Gasteiger partial charge in [-0.2, -0.15) is 0 Å². The minimum absolute atomic E-state index is 0.332. The van der Waals surface area contributed by atoms with Crippen LogP contribution in [0.3, 0.4) is 0 Å². The van der Waals surface area contributed by atoms with Crippen LogP contribution in [0.15, 0.2) is 18.2 Å². The number of rotatable bonds is 3. The molecule has 0 bridgehead atoms. The number of benzene rings is 1. The van der Waals surface area contributed by atoms with Crippen molar-refractivity contribution in [2.45, 2.75) is 12.5 Å². The van der Waals surface area contributed by atoms with Gasteiger partial charge in [-0.05, 0) is 25.1 Å². The normalized spacial score (nSPS) is 18.4. The molecule has 20 heavy (non-hydrogen) atoms. The van der Waals surface area contributed by atoms with Crippen molar-refractivity contribution >= 4 is 29.2 Å². The number of halogens is 2. The van der Waals surface area contributed by atoms with Gasteiger partial charge in [0.15, 0.2) is 0 Å². The van der Waals surface area contributed by atoms with Crippen LogP contribution in [0.4, 0.5) is 0 Å². The lowest BCUT2D eigenvalue weighted by molar-refractivity contribution is -0.147. The van der Waals surface area contributed by atoms with Crippen molar-refractivity contribution in [1.82, 2.24) is 10.2 Å². The van der Waals surface area contributed by atoms with Crippen molar-refractivity contribution in [2.75, 3.05) is 33.3 Å². The molecule has 0 aromatic heterocycles. The third-order valence-electron chi connectivity index (χ3n) is 3.44. The highest BCUT2D eigenvalue weighted by atomic mass is 35.5. The molecule has 1 aliphatic heterocycles. The van der Waals surface area contributed by atoms with E-state index in [0.29, 0.717) is 15.6 Å². The van der Waals surface area contributed by atoms with Crippen molar-refractivity contribution in [3.05, 3.63) is 33.8 Å². The molecule has 1 aliphatic rings. The van der Waals surface area contributed by atoms with Crippen LogP contribution in [0.2, 0.25) is 10.0 Å². The third kappa shape index (κ3) is 3.44. The molecule has 1 unspecified atom stereocenters. The third-order valence-corrected chi connectivity index (χ3v) is 4.10. The summed E-state index contributed by atoms with van der Waals surface area (Å²) in [6.45, 7) is 3.33. The molecule has 2 rings (SSSR count). The van der Waals surface area contributed by atoms with Crippen LogP contribution in [0.1, 0.15) is 18.0 Å². The number of esters is 1.